The van der Waals surface area contributed by atoms with Gasteiger partial charge in [0, 0.05) is 11.6 Å². The molecule has 0 aliphatic carbocycles. The molecule has 0 saturated heterocycles. The lowest BCUT2D eigenvalue weighted by Gasteiger charge is -2.22. The number of hydrogen-bond acceptors (Lipinski definition) is 5. The summed E-state index contributed by atoms with van der Waals surface area (Å²) in [6.45, 7) is 5.19. The van der Waals surface area contributed by atoms with Gasteiger partial charge in [-0.05, 0) is 51.3 Å². The Morgan fingerprint density at radius 1 is 1.06 bits per heavy atom. The average Bonchev–Trinajstić information content (AvgIpc) is 2.76. The van der Waals surface area contributed by atoms with Crippen LogP contribution in [0.3, 0.4) is 0 Å². The van der Waals surface area contributed by atoms with Crippen LogP contribution in [0.5, 0.6) is 0 Å². The monoisotopic (exact) mass is 451 g/mol. The van der Waals surface area contributed by atoms with Crippen molar-refractivity contribution in [2.24, 2.45) is 5.73 Å². The largest absolute Gasteiger partial charge is 0.480 e. The lowest BCUT2D eigenvalue weighted by molar-refractivity contribution is -0.139. The van der Waals surface area contributed by atoms with Crippen LogP contribution in [0.2, 0.25) is 0 Å². The minimum Gasteiger partial charge on any atom is -0.480 e. The molecule has 0 spiro atoms. The number of aliphatic carboxylic acids is 1. The van der Waals surface area contributed by atoms with Crippen molar-refractivity contribution in [1.29, 1.82) is 0 Å². The Kier molecular flexibility index (Phi) is 8.91. The van der Waals surface area contributed by atoms with Crippen LogP contribution in [0, 0.1) is 0 Å². The first-order chi connectivity index (χ1) is 15.5. The summed E-state index contributed by atoms with van der Waals surface area (Å²) in [5, 5.41) is 12.4. The first kappa shape index (κ1) is 25.3. The van der Waals surface area contributed by atoms with Crippen LogP contribution in [0.4, 0.5) is 4.79 Å². The zero-order chi connectivity index (χ0) is 24.4. The normalized spacial score (nSPS) is 11.6. The smallest absolute Gasteiger partial charge is 0.408 e. The molecule has 0 bridgehead atoms. The molecule has 0 fully saturated rings. The summed E-state index contributed by atoms with van der Waals surface area (Å²) < 4.78 is 5.06. The van der Waals surface area contributed by atoms with E-state index in [2.05, 4.69) is 10.3 Å². The molecular weight excluding hydrogens is 422 g/mol. The van der Waals surface area contributed by atoms with E-state index in [1.54, 1.807) is 26.8 Å². The lowest BCUT2D eigenvalue weighted by atomic mass is 10.1. The molecule has 8 nitrogen and oxygen atoms in total. The molecule has 0 aliphatic rings. The zero-order valence-corrected chi connectivity index (χ0v) is 18.9. The zero-order valence-electron chi connectivity index (χ0n) is 18.9. The van der Waals surface area contributed by atoms with E-state index in [-0.39, 0.29) is 0 Å². The number of hydrogen-bond donors (Lipinski definition) is 3. The summed E-state index contributed by atoms with van der Waals surface area (Å²) in [7, 11) is 0. The Balaban J connectivity index is 0.000000254. The number of carboxylic acid groups (broad SMARTS) is 1. The number of alkyl carbamates (subject to hydrolysis) is 1. The first-order valence-corrected chi connectivity index (χ1v) is 10.5. The van der Waals surface area contributed by atoms with Crippen molar-refractivity contribution in [2.45, 2.75) is 45.3 Å². The summed E-state index contributed by atoms with van der Waals surface area (Å²) >= 11 is 0. The van der Waals surface area contributed by atoms with E-state index in [1.165, 1.54) is 6.20 Å². The quantitative estimate of drug-likeness (QED) is 0.520. The number of pyridine rings is 1. The van der Waals surface area contributed by atoms with E-state index in [0.29, 0.717) is 18.4 Å². The van der Waals surface area contributed by atoms with Crippen molar-refractivity contribution in [3.8, 4) is 0 Å². The number of rotatable bonds is 6. The number of amides is 2. The summed E-state index contributed by atoms with van der Waals surface area (Å²) in [6, 6.07) is 17.9. The SMILES string of the molecule is CC(C)(C)OC(=O)N[C@H](CCc1ccccc1)C(=O)O.NC(=O)c1cnc2ccccc2c1. The number of carbonyl (C=O) groups is 3. The summed E-state index contributed by atoms with van der Waals surface area (Å²) in [5.74, 6) is -1.51. The number of nitrogens with one attached hydrogen (secondary N) is 1. The number of nitrogens with two attached hydrogens (primary N) is 1. The van der Waals surface area contributed by atoms with E-state index in [9.17, 15) is 14.4 Å². The highest BCUT2D eigenvalue weighted by Gasteiger charge is 2.23. The van der Waals surface area contributed by atoms with E-state index in [1.807, 2.05) is 54.6 Å². The Bertz CT molecular complexity index is 1090. The summed E-state index contributed by atoms with van der Waals surface area (Å²) in [4.78, 5) is 37.7. The molecule has 1 heterocycles. The van der Waals surface area contributed by atoms with Crippen LogP contribution >= 0.6 is 0 Å². The molecule has 174 valence electrons. The van der Waals surface area contributed by atoms with Gasteiger partial charge in [-0.15, -0.1) is 0 Å². The van der Waals surface area contributed by atoms with Gasteiger partial charge in [0.1, 0.15) is 11.6 Å². The number of aromatic nitrogens is 1. The predicted molar refractivity (Wildman–Crippen MR) is 126 cm³/mol. The molecule has 2 amide bonds. The van der Waals surface area contributed by atoms with Gasteiger partial charge in [-0.25, -0.2) is 9.59 Å². The number of benzene rings is 2. The maximum Gasteiger partial charge on any atom is 0.408 e. The van der Waals surface area contributed by atoms with Gasteiger partial charge in [0.2, 0.25) is 5.91 Å². The van der Waals surface area contributed by atoms with Crippen molar-refractivity contribution in [3.05, 3.63) is 78.0 Å². The van der Waals surface area contributed by atoms with E-state index in [4.69, 9.17) is 15.6 Å². The topological polar surface area (TPSA) is 132 Å². The number of aryl methyl sites for hydroxylation is 1. The van der Waals surface area contributed by atoms with Crippen molar-refractivity contribution >= 4 is 28.9 Å². The maximum absolute atomic E-state index is 11.6. The number of carboxylic acids is 1. The molecule has 0 saturated carbocycles. The predicted octanol–water partition coefficient (Wildman–Crippen LogP) is 3.93. The number of para-hydroxylation sites is 1. The standard InChI is InChI=1S/C15H21NO4.C10H8N2O/c1-15(2,3)20-14(19)16-12(13(17)18)10-9-11-7-5-4-6-8-11;11-10(13)8-5-7-3-1-2-4-9(7)12-6-8/h4-8,12H,9-10H2,1-3H3,(H,16,19)(H,17,18);1-6H,(H2,11,13)/t12-;/m1./s1. The Morgan fingerprint density at radius 2 is 1.70 bits per heavy atom. The van der Waals surface area contributed by atoms with Crippen molar-refractivity contribution in [3.63, 3.8) is 0 Å². The molecule has 3 aromatic rings. The molecule has 2 aromatic carbocycles. The van der Waals surface area contributed by atoms with Gasteiger partial charge in [-0.3, -0.25) is 9.78 Å². The third-order valence-corrected chi connectivity index (χ3v) is 4.43. The number of nitrogens with zero attached hydrogens (tertiary/aromatic N) is 1. The molecule has 0 aliphatic heterocycles. The highest BCUT2D eigenvalue weighted by molar-refractivity contribution is 5.96. The van der Waals surface area contributed by atoms with Crippen molar-refractivity contribution in [1.82, 2.24) is 10.3 Å². The number of primary amides is 1. The lowest BCUT2D eigenvalue weighted by Crippen LogP contribution is -2.43. The second kappa shape index (κ2) is 11.6. The summed E-state index contributed by atoms with van der Waals surface area (Å²) in [6.07, 6.45) is 1.68. The van der Waals surface area contributed by atoms with Gasteiger partial charge in [-0.2, -0.15) is 0 Å². The number of ether oxygens (including phenoxy) is 1. The van der Waals surface area contributed by atoms with Gasteiger partial charge in [0.25, 0.3) is 0 Å². The first-order valence-electron chi connectivity index (χ1n) is 10.5. The number of carbonyl (C=O) groups excluding carboxylic acids is 2. The van der Waals surface area contributed by atoms with Crippen LogP contribution in [0.15, 0.2) is 66.9 Å². The third-order valence-electron chi connectivity index (χ3n) is 4.43. The minimum absolute atomic E-state index is 0.318. The maximum atomic E-state index is 11.6. The molecule has 0 unspecified atom stereocenters. The van der Waals surface area contributed by atoms with Crippen LogP contribution in [-0.2, 0) is 16.0 Å². The molecule has 8 heteroatoms. The highest BCUT2D eigenvalue weighted by Crippen LogP contribution is 2.12. The van der Waals surface area contributed by atoms with E-state index >= 15 is 0 Å². The van der Waals surface area contributed by atoms with Crippen molar-refractivity contribution < 1.29 is 24.2 Å². The van der Waals surface area contributed by atoms with Crippen LogP contribution < -0.4 is 11.1 Å². The molecule has 1 aromatic heterocycles. The molecule has 33 heavy (non-hydrogen) atoms. The molecule has 1 atom stereocenters. The van der Waals surface area contributed by atoms with Gasteiger partial charge < -0.3 is 20.9 Å². The number of fused-ring (bicyclic) bond motifs is 1. The second-order valence-electron chi connectivity index (χ2n) is 8.34. The molecule has 0 radical (unpaired) electrons. The Morgan fingerprint density at radius 3 is 2.30 bits per heavy atom. The van der Waals surface area contributed by atoms with Crippen molar-refractivity contribution in [2.75, 3.05) is 0 Å². The van der Waals surface area contributed by atoms with E-state index in [0.717, 1.165) is 16.5 Å². The second-order valence-corrected chi connectivity index (χ2v) is 8.34. The fourth-order valence-corrected chi connectivity index (χ4v) is 2.87. The van der Waals surface area contributed by atoms with Gasteiger partial charge in [0.05, 0.1) is 11.1 Å². The van der Waals surface area contributed by atoms with Crippen LogP contribution in [0.25, 0.3) is 10.9 Å². The Hall–Kier alpha value is -3.94. The third kappa shape index (κ3) is 8.98. The van der Waals surface area contributed by atoms with Gasteiger partial charge in [-0.1, -0.05) is 48.5 Å². The summed E-state index contributed by atoms with van der Waals surface area (Å²) in [5.41, 5.74) is 6.82. The fourth-order valence-electron chi connectivity index (χ4n) is 2.87. The average molecular weight is 452 g/mol. The Labute approximate surface area is 192 Å². The molecule has 3 rings (SSSR count). The molecular formula is C25H29N3O5. The van der Waals surface area contributed by atoms with Gasteiger partial charge >= 0.3 is 12.1 Å². The van der Waals surface area contributed by atoms with Crippen LogP contribution in [0.1, 0.15) is 43.1 Å². The molecule has 4 N–H and O–H groups in total. The van der Waals surface area contributed by atoms with E-state index < -0.39 is 29.6 Å². The highest BCUT2D eigenvalue weighted by atomic mass is 16.6. The minimum atomic E-state index is -1.06. The van der Waals surface area contributed by atoms with Crippen LogP contribution in [-0.4, -0.2) is 39.7 Å². The fraction of sp³-hybridized carbons (Fsp3) is 0.280. The van der Waals surface area contributed by atoms with Gasteiger partial charge in [0.15, 0.2) is 0 Å².